The number of fused-ring (bicyclic) bond motifs is 1. The van der Waals surface area contributed by atoms with Gasteiger partial charge < -0.3 is 9.33 Å². The number of hydrogen-bond acceptors (Lipinski definition) is 5. The highest BCUT2D eigenvalue weighted by Gasteiger charge is 2.50. The largest absolute Gasteiger partial charge is 0.404 e. The van der Waals surface area contributed by atoms with Crippen molar-refractivity contribution in [2.75, 3.05) is 13.2 Å². The van der Waals surface area contributed by atoms with E-state index in [4.69, 9.17) is 9.41 Å². The van der Waals surface area contributed by atoms with Gasteiger partial charge >= 0.3 is 0 Å². The molecule has 1 amide bonds. The molecular weight excluding hydrogens is 680 g/mol. The van der Waals surface area contributed by atoms with E-state index in [0.29, 0.717) is 22.3 Å². The number of benzene rings is 4. The molecule has 0 bridgehead atoms. The standard InChI is InChI=1S/C44H47FN4O3Si/c1-32(2)40(41-47-39-28-46-27-26-38(39)43(51)49(41)29-33-18-10-6-11-19-33)48(42(50)34-20-12-7-13-21-34)30-35(45)31-52-53(44(3,4)5,36-22-14-8-15-23-36)37-24-16-9-17-25-37/h6-28,32,35,40H,29-31H2,1-5H3. The molecule has 0 radical (unpaired) electrons. The van der Waals surface area contributed by atoms with Gasteiger partial charge in [-0.05, 0) is 45.1 Å². The van der Waals surface area contributed by atoms with Crippen LogP contribution in [-0.2, 0) is 11.0 Å². The van der Waals surface area contributed by atoms with E-state index < -0.39 is 20.5 Å². The number of aromatic nitrogens is 3. The zero-order valence-electron chi connectivity index (χ0n) is 31.0. The third kappa shape index (κ3) is 7.91. The van der Waals surface area contributed by atoms with Gasteiger partial charge in [0, 0.05) is 11.8 Å². The van der Waals surface area contributed by atoms with E-state index in [1.807, 2.05) is 86.6 Å². The van der Waals surface area contributed by atoms with Crippen LogP contribution in [0, 0.1) is 5.92 Å². The minimum absolute atomic E-state index is 0.229. The van der Waals surface area contributed by atoms with Gasteiger partial charge in [-0.2, -0.15) is 0 Å². The normalized spacial score (nSPS) is 13.2. The Hall–Kier alpha value is -5.25. The first-order valence-corrected chi connectivity index (χ1v) is 20.1. The third-order valence-electron chi connectivity index (χ3n) is 9.78. The van der Waals surface area contributed by atoms with Crippen molar-refractivity contribution in [1.29, 1.82) is 0 Å². The van der Waals surface area contributed by atoms with Crippen LogP contribution in [-0.4, -0.2) is 53.0 Å². The zero-order valence-corrected chi connectivity index (χ0v) is 32.0. The summed E-state index contributed by atoms with van der Waals surface area (Å²) in [6.07, 6.45) is 1.56. The average Bonchev–Trinajstić information content (AvgIpc) is 3.17. The molecule has 0 spiro atoms. The second-order valence-corrected chi connectivity index (χ2v) is 19.1. The minimum Gasteiger partial charge on any atom is -0.404 e. The van der Waals surface area contributed by atoms with Crippen LogP contribution >= 0.6 is 0 Å². The van der Waals surface area contributed by atoms with Gasteiger partial charge in [0.15, 0.2) is 0 Å². The zero-order chi connectivity index (χ0) is 37.6. The van der Waals surface area contributed by atoms with E-state index in [0.717, 1.165) is 15.9 Å². The average molecular weight is 727 g/mol. The van der Waals surface area contributed by atoms with Crippen LogP contribution in [0.5, 0.6) is 0 Å². The predicted octanol–water partition coefficient (Wildman–Crippen LogP) is 7.59. The Bertz CT molecular complexity index is 2140. The molecule has 2 atom stereocenters. The van der Waals surface area contributed by atoms with Gasteiger partial charge in [-0.1, -0.05) is 144 Å². The van der Waals surface area contributed by atoms with Gasteiger partial charge in [0.25, 0.3) is 19.8 Å². The lowest BCUT2D eigenvalue weighted by Crippen LogP contribution is -2.67. The summed E-state index contributed by atoms with van der Waals surface area (Å²) in [5.74, 6) is -0.238. The van der Waals surface area contributed by atoms with Gasteiger partial charge in [0.05, 0.1) is 42.8 Å². The maximum atomic E-state index is 17.0. The molecule has 0 aliphatic rings. The summed E-state index contributed by atoms with van der Waals surface area (Å²) in [6, 6.07) is 39.7. The molecule has 7 nitrogen and oxygen atoms in total. The summed E-state index contributed by atoms with van der Waals surface area (Å²) in [5, 5.41) is 2.15. The highest BCUT2D eigenvalue weighted by atomic mass is 28.4. The van der Waals surface area contributed by atoms with E-state index in [1.54, 1.807) is 52.2 Å². The predicted molar refractivity (Wildman–Crippen MR) is 213 cm³/mol. The SMILES string of the molecule is CC(C)C(c1nc2cnccc2c(=O)n1Cc1ccccc1)N(CC(F)CO[Si](c1ccccc1)(c1ccccc1)C(C)(C)C)C(=O)c1ccccc1. The molecule has 0 aliphatic heterocycles. The van der Waals surface area contributed by atoms with E-state index in [9.17, 15) is 9.59 Å². The first kappa shape index (κ1) is 37.5. The lowest BCUT2D eigenvalue weighted by molar-refractivity contribution is 0.0478. The molecule has 53 heavy (non-hydrogen) atoms. The maximum Gasteiger partial charge on any atom is 0.261 e. The van der Waals surface area contributed by atoms with E-state index >= 15 is 4.39 Å². The Morgan fingerprint density at radius 1 is 0.830 bits per heavy atom. The summed E-state index contributed by atoms with van der Waals surface area (Å²) in [6.45, 7) is 10.1. The molecule has 272 valence electrons. The minimum atomic E-state index is -3.07. The molecule has 2 heterocycles. The molecule has 0 N–H and O–H groups in total. The van der Waals surface area contributed by atoms with Gasteiger partial charge in [-0.3, -0.25) is 19.1 Å². The van der Waals surface area contributed by atoms with Crippen LogP contribution in [0.2, 0.25) is 5.04 Å². The van der Waals surface area contributed by atoms with Crippen molar-refractivity contribution in [1.82, 2.24) is 19.4 Å². The number of carbonyl (C=O) groups is 1. The molecule has 2 aromatic heterocycles. The molecule has 0 aliphatic carbocycles. The topological polar surface area (TPSA) is 77.3 Å². The molecule has 6 rings (SSSR count). The van der Waals surface area contributed by atoms with Crippen molar-refractivity contribution < 1.29 is 13.6 Å². The Morgan fingerprint density at radius 2 is 1.38 bits per heavy atom. The van der Waals surface area contributed by atoms with Crippen molar-refractivity contribution in [3.8, 4) is 0 Å². The number of halogens is 1. The first-order chi connectivity index (χ1) is 25.5. The number of alkyl halides is 1. The number of nitrogens with zero attached hydrogens (tertiary/aromatic N) is 4. The molecule has 6 aromatic rings. The van der Waals surface area contributed by atoms with Crippen molar-refractivity contribution in [3.63, 3.8) is 0 Å². The van der Waals surface area contributed by atoms with Gasteiger partial charge in [0.2, 0.25) is 0 Å². The molecule has 0 saturated heterocycles. The van der Waals surface area contributed by atoms with Crippen LogP contribution in [0.3, 0.4) is 0 Å². The Kier molecular flexibility index (Phi) is 11.5. The lowest BCUT2D eigenvalue weighted by atomic mass is 9.98. The van der Waals surface area contributed by atoms with Gasteiger partial charge in [-0.15, -0.1) is 0 Å². The van der Waals surface area contributed by atoms with E-state index in [1.165, 1.54) is 0 Å². The Morgan fingerprint density at radius 3 is 1.92 bits per heavy atom. The summed E-state index contributed by atoms with van der Waals surface area (Å²) >= 11 is 0. The molecule has 9 heteroatoms. The fourth-order valence-electron chi connectivity index (χ4n) is 7.34. The van der Waals surface area contributed by atoms with Crippen molar-refractivity contribution in [3.05, 3.63) is 167 Å². The van der Waals surface area contributed by atoms with Crippen molar-refractivity contribution >= 4 is 35.5 Å². The molecular formula is C44H47FN4O3Si. The quantitative estimate of drug-likeness (QED) is 0.115. The Labute approximate surface area is 312 Å². The lowest BCUT2D eigenvalue weighted by Gasteiger charge is -2.43. The number of hydrogen-bond donors (Lipinski definition) is 0. The van der Waals surface area contributed by atoms with Gasteiger partial charge in [0.1, 0.15) is 12.0 Å². The summed E-state index contributed by atoms with van der Waals surface area (Å²) in [5.41, 5.74) is 1.48. The molecule has 0 fully saturated rings. The van der Waals surface area contributed by atoms with E-state index in [2.05, 4.69) is 50.0 Å². The summed E-state index contributed by atoms with van der Waals surface area (Å²) < 4.78 is 25.6. The first-order valence-electron chi connectivity index (χ1n) is 18.1. The smallest absolute Gasteiger partial charge is 0.261 e. The highest BCUT2D eigenvalue weighted by molar-refractivity contribution is 6.99. The fourth-order valence-corrected chi connectivity index (χ4v) is 11.9. The molecule has 4 aromatic carbocycles. The monoisotopic (exact) mass is 726 g/mol. The summed E-state index contributed by atoms with van der Waals surface area (Å²) in [7, 11) is -3.07. The van der Waals surface area contributed by atoms with E-state index in [-0.39, 0.29) is 42.1 Å². The maximum absolute atomic E-state index is 17.0. The highest BCUT2D eigenvalue weighted by Crippen LogP contribution is 2.37. The van der Waals surface area contributed by atoms with Crippen molar-refractivity contribution in [2.45, 2.75) is 58.4 Å². The second kappa shape index (κ2) is 16.2. The Balaban J connectivity index is 1.44. The van der Waals surface area contributed by atoms with Gasteiger partial charge in [-0.25, -0.2) is 9.37 Å². The third-order valence-corrected chi connectivity index (χ3v) is 14.8. The number of pyridine rings is 1. The van der Waals surface area contributed by atoms with Crippen LogP contribution in [0.15, 0.2) is 145 Å². The number of rotatable bonds is 13. The van der Waals surface area contributed by atoms with Crippen LogP contribution < -0.4 is 15.9 Å². The van der Waals surface area contributed by atoms with Crippen LogP contribution in [0.1, 0.15) is 62.4 Å². The van der Waals surface area contributed by atoms with Crippen molar-refractivity contribution in [2.24, 2.45) is 5.92 Å². The second-order valence-electron chi connectivity index (χ2n) is 14.8. The number of amides is 1. The summed E-state index contributed by atoms with van der Waals surface area (Å²) in [4.78, 5) is 39.7. The van der Waals surface area contributed by atoms with Crippen LogP contribution in [0.4, 0.5) is 4.39 Å². The van der Waals surface area contributed by atoms with Crippen LogP contribution in [0.25, 0.3) is 10.9 Å². The number of carbonyl (C=O) groups excluding carboxylic acids is 1. The molecule has 0 saturated carbocycles. The molecule has 2 unspecified atom stereocenters. The fraction of sp³-hybridized carbons (Fsp3) is 0.273.